The van der Waals surface area contributed by atoms with Gasteiger partial charge in [-0.2, -0.15) is 0 Å². The van der Waals surface area contributed by atoms with Gasteiger partial charge in [0.05, 0.1) is 0 Å². The molecule has 0 unspecified atom stereocenters. The van der Waals surface area contributed by atoms with Crippen LogP contribution in [0.25, 0.3) is 0 Å². The van der Waals surface area contributed by atoms with E-state index in [2.05, 4.69) is 5.32 Å². The second kappa shape index (κ2) is 6.36. The van der Waals surface area contributed by atoms with E-state index in [4.69, 9.17) is 5.11 Å². The van der Waals surface area contributed by atoms with Crippen LogP contribution < -0.4 is 5.32 Å². The number of hydrogen-bond donors (Lipinski definition) is 2. The highest BCUT2D eigenvalue weighted by atomic mass is 16.4. The molecule has 0 saturated carbocycles. The van der Waals surface area contributed by atoms with Crippen LogP contribution in [0.1, 0.15) is 41.8 Å². The van der Waals surface area contributed by atoms with Crippen molar-refractivity contribution in [3.05, 3.63) is 34.9 Å². The predicted molar refractivity (Wildman–Crippen MR) is 74.3 cm³/mol. The fraction of sp³-hybridized carbons (Fsp3) is 0.467. The first-order valence-electron chi connectivity index (χ1n) is 6.42. The Labute approximate surface area is 113 Å². The van der Waals surface area contributed by atoms with Crippen molar-refractivity contribution in [2.45, 2.75) is 40.2 Å². The van der Waals surface area contributed by atoms with E-state index >= 15 is 0 Å². The molecular formula is C15H21NO3. The van der Waals surface area contributed by atoms with Gasteiger partial charge in [-0.05, 0) is 43.4 Å². The average Bonchev–Trinajstić information content (AvgIpc) is 2.31. The summed E-state index contributed by atoms with van der Waals surface area (Å²) in [6.07, 6.45) is 0.423. The van der Waals surface area contributed by atoms with Crippen molar-refractivity contribution >= 4 is 11.9 Å². The van der Waals surface area contributed by atoms with E-state index in [1.54, 1.807) is 12.1 Å². The normalized spacial score (nSPS) is 12.3. The monoisotopic (exact) mass is 263 g/mol. The molecule has 1 atom stereocenters. The molecule has 1 aromatic carbocycles. The van der Waals surface area contributed by atoms with Gasteiger partial charge in [-0.1, -0.05) is 26.0 Å². The predicted octanol–water partition coefficient (Wildman–Crippen LogP) is 2.53. The molecule has 0 radical (unpaired) electrons. The molecule has 4 heteroatoms. The van der Waals surface area contributed by atoms with E-state index in [0.717, 1.165) is 11.1 Å². The summed E-state index contributed by atoms with van der Waals surface area (Å²) < 4.78 is 0. The maximum atomic E-state index is 12.1. The van der Waals surface area contributed by atoms with Gasteiger partial charge in [0.25, 0.3) is 5.91 Å². The Balaban J connectivity index is 2.88. The molecule has 0 aliphatic heterocycles. The molecule has 1 amide bonds. The van der Waals surface area contributed by atoms with Crippen LogP contribution in [0.3, 0.4) is 0 Å². The van der Waals surface area contributed by atoms with Crippen LogP contribution in [-0.2, 0) is 4.79 Å². The van der Waals surface area contributed by atoms with Gasteiger partial charge in [-0.3, -0.25) is 4.79 Å². The maximum Gasteiger partial charge on any atom is 0.326 e. The van der Waals surface area contributed by atoms with E-state index in [0.29, 0.717) is 12.0 Å². The Kier molecular flexibility index (Phi) is 5.10. The van der Waals surface area contributed by atoms with Gasteiger partial charge >= 0.3 is 5.97 Å². The van der Waals surface area contributed by atoms with Crippen molar-refractivity contribution in [1.82, 2.24) is 5.32 Å². The van der Waals surface area contributed by atoms with Crippen LogP contribution >= 0.6 is 0 Å². The van der Waals surface area contributed by atoms with Crippen molar-refractivity contribution < 1.29 is 14.7 Å². The zero-order chi connectivity index (χ0) is 14.6. The molecule has 0 aliphatic rings. The summed E-state index contributed by atoms with van der Waals surface area (Å²) in [5.41, 5.74) is 2.44. The van der Waals surface area contributed by atoms with Crippen LogP contribution in [0.2, 0.25) is 0 Å². The number of carbonyl (C=O) groups excluding carboxylic acids is 1. The van der Waals surface area contributed by atoms with E-state index < -0.39 is 12.0 Å². The molecule has 0 fully saturated rings. The van der Waals surface area contributed by atoms with Crippen molar-refractivity contribution in [1.29, 1.82) is 0 Å². The lowest BCUT2D eigenvalue weighted by Crippen LogP contribution is -2.41. The number of carbonyl (C=O) groups is 2. The van der Waals surface area contributed by atoms with Crippen molar-refractivity contribution in [2.75, 3.05) is 0 Å². The quantitative estimate of drug-likeness (QED) is 0.858. The number of aliphatic carboxylic acids is 1. The Morgan fingerprint density at radius 1 is 1.26 bits per heavy atom. The molecule has 0 aromatic heterocycles. The fourth-order valence-electron chi connectivity index (χ4n) is 1.93. The van der Waals surface area contributed by atoms with Gasteiger partial charge in [0.2, 0.25) is 0 Å². The standard InChI is InChI=1S/C15H21NO3/c1-9(2)8-13(15(18)19)16-14(17)12-7-5-6-10(3)11(12)4/h5-7,9,13H,8H2,1-4H3,(H,16,17)(H,18,19)/t13-/m0/s1. The molecule has 1 rings (SSSR count). The van der Waals surface area contributed by atoms with Crippen LogP contribution in [0.5, 0.6) is 0 Å². The highest BCUT2D eigenvalue weighted by Gasteiger charge is 2.22. The fourth-order valence-corrected chi connectivity index (χ4v) is 1.93. The molecule has 0 aliphatic carbocycles. The summed E-state index contributed by atoms with van der Waals surface area (Å²) in [5, 5.41) is 11.7. The molecule has 0 spiro atoms. The number of nitrogens with one attached hydrogen (secondary N) is 1. The SMILES string of the molecule is Cc1cccc(C(=O)N[C@@H](CC(C)C)C(=O)O)c1C. The number of rotatable bonds is 5. The van der Waals surface area contributed by atoms with E-state index in [1.165, 1.54) is 0 Å². The molecule has 4 nitrogen and oxygen atoms in total. The van der Waals surface area contributed by atoms with Crippen LogP contribution in [0.15, 0.2) is 18.2 Å². The molecule has 0 bridgehead atoms. The molecule has 0 saturated heterocycles. The molecule has 0 heterocycles. The second-order valence-electron chi connectivity index (χ2n) is 5.24. The lowest BCUT2D eigenvalue weighted by atomic mass is 10.0. The van der Waals surface area contributed by atoms with E-state index in [9.17, 15) is 9.59 Å². The molecule has 2 N–H and O–H groups in total. The Hall–Kier alpha value is -1.84. The topological polar surface area (TPSA) is 66.4 Å². The number of carboxylic acid groups (broad SMARTS) is 1. The minimum atomic E-state index is -0.993. The first-order valence-corrected chi connectivity index (χ1v) is 6.42. The number of aryl methyl sites for hydroxylation is 1. The summed E-state index contributed by atoms with van der Waals surface area (Å²) in [5.74, 6) is -1.11. The molecule has 1 aromatic rings. The number of hydrogen-bond acceptors (Lipinski definition) is 2. The number of carboxylic acids is 1. The number of amides is 1. The first kappa shape index (κ1) is 15.2. The maximum absolute atomic E-state index is 12.1. The minimum Gasteiger partial charge on any atom is -0.480 e. The van der Waals surface area contributed by atoms with Crippen LogP contribution in [-0.4, -0.2) is 23.0 Å². The molecule has 104 valence electrons. The largest absolute Gasteiger partial charge is 0.480 e. The third-order valence-corrected chi connectivity index (χ3v) is 3.16. The van der Waals surface area contributed by atoms with E-state index in [1.807, 2.05) is 33.8 Å². The van der Waals surface area contributed by atoms with Gasteiger partial charge < -0.3 is 10.4 Å². The highest BCUT2D eigenvalue weighted by Crippen LogP contribution is 2.13. The summed E-state index contributed by atoms with van der Waals surface area (Å²) in [6.45, 7) is 7.65. The Morgan fingerprint density at radius 3 is 2.42 bits per heavy atom. The number of benzene rings is 1. The average molecular weight is 263 g/mol. The first-order chi connectivity index (χ1) is 8.82. The van der Waals surface area contributed by atoms with Crippen LogP contribution in [0.4, 0.5) is 0 Å². The Morgan fingerprint density at radius 2 is 1.89 bits per heavy atom. The molecule has 19 heavy (non-hydrogen) atoms. The zero-order valence-corrected chi connectivity index (χ0v) is 11.9. The van der Waals surface area contributed by atoms with Crippen molar-refractivity contribution in [3.8, 4) is 0 Å². The van der Waals surface area contributed by atoms with Gasteiger partial charge in [0, 0.05) is 5.56 Å². The van der Waals surface area contributed by atoms with Gasteiger partial charge in [0.15, 0.2) is 0 Å². The smallest absolute Gasteiger partial charge is 0.326 e. The van der Waals surface area contributed by atoms with Gasteiger partial charge in [-0.15, -0.1) is 0 Å². The van der Waals surface area contributed by atoms with Gasteiger partial charge in [-0.25, -0.2) is 4.79 Å². The summed E-state index contributed by atoms with van der Waals surface area (Å²) in [6, 6.07) is 4.60. The van der Waals surface area contributed by atoms with Crippen molar-refractivity contribution in [3.63, 3.8) is 0 Å². The lowest BCUT2D eigenvalue weighted by Gasteiger charge is -2.17. The summed E-state index contributed by atoms with van der Waals surface area (Å²) in [4.78, 5) is 23.3. The Bertz CT molecular complexity index is 480. The summed E-state index contributed by atoms with van der Waals surface area (Å²) >= 11 is 0. The van der Waals surface area contributed by atoms with Crippen molar-refractivity contribution in [2.24, 2.45) is 5.92 Å². The zero-order valence-electron chi connectivity index (χ0n) is 11.9. The van der Waals surface area contributed by atoms with Gasteiger partial charge in [0.1, 0.15) is 6.04 Å². The third kappa shape index (κ3) is 4.09. The van der Waals surface area contributed by atoms with Crippen LogP contribution in [0, 0.1) is 19.8 Å². The van der Waals surface area contributed by atoms with E-state index in [-0.39, 0.29) is 11.8 Å². The summed E-state index contributed by atoms with van der Waals surface area (Å²) in [7, 11) is 0. The molecular weight excluding hydrogens is 242 g/mol. The minimum absolute atomic E-state index is 0.208. The highest BCUT2D eigenvalue weighted by molar-refractivity contribution is 5.98. The second-order valence-corrected chi connectivity index (χ2v) is 5.24. The third-order valence-electron chi connectivity index (χ3n) is 3.16. The lowest BCUT2D eigenvalue weighted by molar-refractivity contribution is -0.139.